The first kappa shape index (κ1) is 13.9. The monoisotopic (exact) mass is 252 g/mol. The Hall–Kier alpha value is -1.16. The predicted octanol–water partition coefficient (Wildman–Crippen LogP) is 2.60. The number of anilines is 1. The molecule has 0 aliphatic carbocycles. The molecule has 0 aliphatic heterocycles. The summed E-state index contributed by atoms with van der Waals surface area (Å²) in [6.45, 7) is 4.82. The zero-order valence-electron chi connectivity index (χ0n) is 10.6. The molecular formula is C13H20N2OS. The molecule has 0 heterocycles. The van der Waals surface area contributed by atoms with Crippen LogP contribution in [0.2, 0.25) is 0 Å². The van der Waals surface area contributed by atoms with Crippen molar-refractivity contribution in [1.29, 1.82) is 0 Å². The maximum atomic E-state index is 12.0. The van der Waals surface area contributed by atoms with Crippen LogP contribution < -0.4 is 10.6 Å². The largest absolute Gasteiger partial charge is 0.382 e. The average molecular weight is 252 g/mol. The fourth-order valence-electron chi connectivity index (χ4n) is 1.48. The van der Waals surface area contributed by atoms with Gasteiger partial charge in [-0.1, -0.05) is 12.1 Å². The van der Waals surface area contributed by atoms with Crippen LogP contribution in [0.15, 0.2) is 24.3 Å². The molecule has 3 nitrogen and oxygen atoms in total. The summed E-state index contributed by atoms with van der Waals surface area (Å²) >= 11 is 1.72. The van der Waals surface area contributed by atoms with Gasteiger partial charge in [0.05, 0.1) is 5.56 Å². The summed E-state index contributed by atoms with van der Waals surface area (Å²) in [4.78, 5) is 12.0. The highest BCUT2D eigenvalue weighted by molar-refractivity contribution is 7.98. The standard InChI is InChI=1S/C13H20N2OS/c1-10(2)15-12-7-5-4-6-11(12)13(16)14-8-9-17-3/h4-7,10,15H,8-9H2,1-3H3,(H,14,16). The minimum Gasteiger partial charge on any atom is -0.382 e. The number of hydrogen-bond donors (Lipinski definition) is 2. The molecule has 4 heteroatoms. The summed E-state index contributed by atoms with van der Waals surface area (Å²) in [6.07, 6.45) is 2.03. The maximum Gasteiger partial charge on any atom is 0.253 e. The number of benzene rings is 1. The molecule has 2 N–H and O–H groups in total. The predicted molar refractivity (Wildman–Crippen MR) is 75.9 cm³/mol. The van der Waals surface area contributed by atoms with Crippen LogP contribution >= 0.6 is 11.8 Å². The van der Waals surface area contributed by atoms with Crippen LogP contribution in [0.3, 0.4) is 0 Å². The third-order valence-corrected chi connectivity index (χ3v) is 2.82. The van der Waals surface area contributed by atoms with Crippen LogP contribution in [-0.2, 0) is 0 Å². The van der Waals surface area contributed by atoms with Crippen molar-refractivity contribution in [1.82, 2.24) is 5.32 Å². The van der Waals surface area contributed by atoms with Gasteiger partial charge in [-0.25, -0.2) is 0 Å². The molecule has 17 heavy (non-hydrogen) atoms. The molecular weight excluding hydrogens is 232 g/mol. The van der Waals surface area contributed by atoms with E-state index in [0.717, 1.165) is 11.4 Å². The Balaban J connectivity index is 2.71. The van der Waals surface area contributed by atoms with E-state index in [-0.39, 0.29) is 5.91 Å². The number of nitrogens with one attached hydrogen (secondary N) is 2. The van der Waals surface area contributed by atoms with Crippen LogP contribution in [-0.4, -0.2) is 30.5 Å². The van der Waals surface area contributed by atoms with Gasteiger partial charge in [-0.15, -0.1) is 0 Å². The molecule has 1 amide bonds. The van der Waals surface area contributed by atoms with E-state index in [4.69, 9.17) is 0 Å². The summed E-state index contributed by atoms with van der Waals surface area (Å²) in [5.74, 6) is 0.925. The first-order chi connectivity index (χ1) is 8.15. The summed E-state index contributed by atoms with van der Waals surface area (Å²) in [5.41, 5.74) is 1.60. The maximum absolute atomic E-state index is 12.0. The summed E-state index contributed by atoms with van der Waals surface area (Å²) in [7, 11) is 0. The highest BCUT2D eigenvalue weighted by Crippen LogP contribution is 2.15. The molecule has 0 saturated carbocycles. The number of carbonyl (C=O) groups excluding carboxylic acids is 1. The van der Waals surface area contributed by atoms with E-state index in [2.05, 4.69) is 24.5 Å². The van der Waals surface area contributed by atoms with E-state index in [1.54, 1.807) is 11.8 Å². The third kappa shape index (κ3) is 4.69. The van der Waals surface area contributed by atoms with Crippen molar-refractivity contribution >= 4 is 23.4 Å². The van der Waals surface area contributed by atoms with E-state index in [1.807, 2.05) is 30.5 Å². The Morgan fingerprint density at radius 3 is 2.71 bits per heavy atom. The quantitative estimate of drug-likeness (QED) is 0.765. The number of rotatable bonds is 6. The second-order valence-corrected chi connectivity index (χ2v) is 5.08. The van der Waals surface area contributed by atoms with E-state index in [9.17, 15) is 4.79 Å². The van der Waals surface area contributed by atoms with Gasteiger partial charge < -0.3 is 10.6 Å². The third-order valence-electron chi connectivity index (χ3n) is 2.21. The van der Waals surface area contributed by atoms with Gasteiger partial charge in [-0.05, 0) is 32.2 Å². The molecule has 0 fully saturated rings. The van der Waals surface area contributed by atoms with E-state index >= 15 is 0 Å². The fourth-order valence-corrected chi connectivity index (χ4v) is 1.79. The highest BCUT2D eigenvalue weighted by atomic mass is 32.2. The second-order valence-electron chi connectivity index (χ2n) is 4.09. The van der Waals surface area contributed by atoms with Crippen molar-refractivity contribution < 1.29 is 4.79 Å². The van der Waals surface area contributed by atoms with Crippen LogP contribution in [0, 0.1) is 0 Å². The molecule has 1 aromatic carbocycles. The van der Waals surface area contributed by atoms with Gasteiger partial charge in [-0.2, -0.15) is 11.8 Å². The molecule has 0 unspecified atom stereocenters. The molecule has 0 radical (unpaired) electrons. The van der Waals surface area contributed by atoms with Crippen molar-refractivity contribution in [3.63, 3.8) is 0 Å². The fraction of sp³-hybridized carbons (Fsp3) is 0.462. The van der Waals surface area contributed by atoms with Gasteiger partial charge in [0.1, 0.15) is 0 Å². The number of hydrogen-bond acceptors (Lipinski definition) is 3. The van der Waals surface area contributed by atoms with Gasteiger partial charge in [0.25, 0.3) is 5.91 Å². The Morgan fingerprint density at radius 2 is 2.06 bits per heavy atom. The molecule has 0 bridgehead atoms. The second kappa shape index (κ2) is 7.22. The van der Waals surface area contributed by atoms with Crippen molar-refractivity contribution in [2.75, 3.05) is 23.9 Å². The minimum atomic E-state index is -0.0113. The van der Waals surface area contributed by atoms with Crippen LogP contribution in [0.5, 0.6) is 0 Å². The van der Waals surface area contributed by atoms with Crippen LogP contribution in [0.4, 0.5) is 5.69 Å². The van der Waals surface area contributed by atoms with Crippen molar-refractivity contribution in [2.45, 2.75) is 19.9 Å². The van der Waals surface area contributed by atoms with Gasteiger partial charge in [-0.3, -0.25) is 4.79 Å². The molecule has 0 saturated heterocycles. The van der Waals surface area contributed by atoms with Gasteiger partial charge in [0.2, 0.25) is 0 Å². The Morgan fingerprint density at radius 1 is 1.35 bits per heavy atom. The molecule has 0 spiro atoms. The summed E-state index contributed by atoms with van der Waals surface area (Å²) < 4.78 is 0. The Bertz CT molecular complexity index is 366. The van der Waals surface area contributed by atoms with Crippen molar-refractivity contribution in [3.8, 4) is 0 Å². The number of amides is 1. The molecule has 94 valence electrons. The topological polar surface area (TPSA) is 41.1 Å². The smallest absolute Gasteiger partial charge is 0.253 e. The Kier molecular flexibility index (Phi) is 5.91. The molecule has 0 aromatic heterocycles. The Labute approximate surface area is 107 Å². The number of thioether (sulfide) groups is 1. The van der Waals surface area contributed by atoms with Gasteiger partial charge >= 0.3 is 0 Å². The lowest BCUT2D eigenvalue weighted by Crippen LogP contribution is -2.27. The van der Waals surface area contributed by atoms with Gasteiger partial charge in [0, 0.05) is 24.0 Å². The van der Waals surface area contributed by atoms with E-state index in [0.29, 0.717) is 18.2 Å². The molecule has 1 aromatic rings. The lowest BCUT2D eigenvalue weighted by atomic mass is 10.1. The average Bonchev–Trinajstić information content (AvgIpc) is 2.29. The lowest BCUT2D eigenvalue weighted by Gasteiger charge is -2.14. The molecule has 1 rings (SSSR count). The first-order valence-electron chi connectivity index (χ1n) is 5.78. The van der Waals surface area contributed by atoms with Gasteiger partial charge in [0.15, 0.2) is 0 Å². The summed E-state index contributed by atoms with van der Waals surface area (Å²) in [5, 5.41) is 6.19. The number of para-hydroxylation sites is 1. The summed E-state index contributed by atoms with van der Waals surface area (Å²) in [6, 6.07) is 7.91. The minimum absolute atomic E-state index is 0.0113. The normalized spacial score (nSPS) is 10.4. The lowest BCUT2D eigenvalue weighted by molar-refractivity contribution is 0.0957. The zero-order valence-corrected chi connectivity index (χ0v) is 11.4. The SMILES string of the molecule is CSCCNC(=O)c1ccccc1NC(C)C. The van der Waals surface area contributed by atoms with Crippen molar-refractivity contribution in [2.24, 2.45) is 0 Å². The first-order valence-corrected chi connectivity index (χ1v) is 7.17. The van der Waals surface area contributed by atoms with E-state index in [1.165, 1.54) is 0 Å². The molecule has 0 atom stereocenters. The van der Waals surface area contributed by atoms with Crippen molar-refractivity contribution in [3.05, 3.63) is 29.8 Å². The van der Waals surface area contributed by atoms with E-state index < -0.39 is 0 Å². The highest BCUT2D eigenvalue weighted by Gasteiger charge is 2.10. The van der Waals surface area contributed by atoms with Crippen LogP contribution in [0.25, 0.3) is 0 Å². The van der Waals surface area contributed by atoms with Crippen LogP contribution in [0.1, 0.15) is 24.2 Å². The zero-order chi connectivity index (χ0) is 12.7. The number of carbonyl (C=O) groups is 1. The molecule has 0 aliphatic rings.